The second kappa shape index (κ2) is 7.23. The lowest BCUT2D eigenvalue weighted by Gasteiger charge is -2.05. The van der Waals surface area contributed by atoms with E-state index in [9.17, 15) is 14.9 Å². The topological polar surface area (TPSA) is 78.7 Å². The van der Waals surface area contributed by atoms with E-state index in [2.05, 4.69) is 0 Å². The largest absolute Gasteiger partial charge is 0.489 e. The molecule has 0 aromatic heterocycles. The van der Waals surface area contributed by atoms with E-state index in [1.54, 1.807) is 30.3 Å². The fourth-order valence-corrected chi connectivity index (χ4v) is 2.44. The van der Waals surface area contributed by atoms with Crippen LogP contribution >= 0.6 is 0 Å². The molecule has 0 bridgehead atoms. The Bertz CT molecular complexity index is 939. The van der Waals surface area contributed by atoms with Gasteiger partial charge >= 0.3 is 0 Å². The number of ketones is 1. The molecule has 0 radical (unpaired) electrons. The number of nitrogens with zero attached hydrogens (tertiary/aromatic N) is 1. The van der Waals surface area contributed by atoms with Crippen LogP contribution in [-0.2, 0) is 0 Å². The lowest BCUT2D eigenvalue weighted by molar-refractivity contribution is -0.384. The number of hydrogen-bond acceptors (Lipinski definition) is 5. The first kappa shape index (κ1) is 17.4. The van der Waals surface area contributed by atoms with Gasteiger partial charge in [-0.15, -0.1) is 0 Å². The fraction of sp³-hybridized carbons (Fsp3) is 0.150. The summed E-state index contributed by atoms with van der Waals surface area (Å²) in [6.07, 6.45) is 3.45. The van der Waals surface area contributed by atoms with E-state index in [1.165, 1.54) is 18.2 Å². The van der Waals surface area contributed by atoms with Gasteiger partial charge in [-0.05, 0) is 43.7 Å². The second-order valence-corrected chi connectivity index (χ2v) is 6.04. The molecule has 1 heterocycles. The Balaban J connectivity index is 1.82. The molecule has 0 saturated carbocycles. The van der Waals surface area contributed by atoms with Crippen molar-refractivity contribution < 1.29 is 19.2 Å². The van der Waals surface area contributed by atoms with E-state index in [4.69, 9.17) is 9.47 Å². The Morgan fingerprint density at radius 3 is 2.77 bits per heavy atom. The van der Waals surface area contributed by atoms with Crippen LogP contribution in [0, 0.1) is 10.1 Å². The van der Waals surface area contributed by atoms with Crippen molar-refractivity contribution >= 4 is 17.5 Å². The quantitative estimate of drug-likeness (QED) is 0.342. The highest BCUT2D eigenvalue weighted by Gasteiger charge is 2.27. The average Bonchev–Trinajstić information content (AvgIpc) is 2.90. The minimum atomic E-state index is -0.482. The molecule has 0 spiro atoms. The first-order valence-electron chi connectivity index (χ1n) is 8.03. The van der Waals surface area contributed by atoms with Crippen LogP contribution < -0.4 is 9.47 Å². The normalized spacial score (nSPS) is 13.9. The smallest absolute Gasteiger partial charge is 0.270 e. The number of carbonyl (C=O) groups is 1. The lowest BCUT2D eigenvalue weighted by Crippen LogP contribution is -1.98. The first-order chi connectivity index (χ1) is 12.4. The molecule has 6 nitrogen and oxygen atoms in total. The van der Waals surface area contributed by atoms with Gasteiger partial charge in [0.2, 0.25) is 5.78 Å². The van der Waals surface area contributed by atoms with Crippen LogP contribution in [0.25, 0.3) is 6.08 Å². The number of Topliss-reactive ketones (excluding diaryl/α,β-unsaturated/α-hetero) is 1. The molecule has 1 aliphatic rings. The molecule has 0 aliphatic carbocycles. The number of rotatable bonds is 5. The van der Waals surface area contributed by atoms with Gasteiger partial charge in [-0.1, -0.05) is 17.7 Å². The van der Waals surface area contributed by atoms with Crippen LogP contribution in [0.1, 0.15) is 29.8 Å². The number of allylic oxidation sites excluding steroid dienone is 2. The van der Waals surface area contributed by atoms with Crippen molar-refractivity contribution in [2.75, 3.05) is 6.61 Å². The molecular formula is C20H17NO5. The molecule has 0 saturated heterocycles. The number of benzene rings is 2. The maximum atomic E-state index is 12.5. The van der Waals surface area contributed by atoms with Gasteiger partial charge in [0.05, 0.1) is 10.5 Å². The predicted molar refractivity (Wildman–Crippen MR) is 97.4 cm³/mol. The van der Waals surface area contributed by atoms with E-state index < -0.39 is 4.92 Å². The predicted octanol–water partition coefficient (Wildman–Crippen LogP) is 4.56. The summed E-state index contributed by atoms with van der Waals surface area (Å²) in [6, 6.07) is 11.1. The maximum absolute atomic E-state index is 12.5. The summed E-state index contributed by atoms with van der Waals surface area (Å²) >= 11 is 0. The molecule has 0 N–H and O–H groups in total. The van der Waals surface area contributed by atoms with E-state index >= 15 is 0 Å². The number of ether oxygens (including phenoxy) is 2. The molecule has 2 aromatic rings. The summed E-state index contributed by atoms with van der Waals surface area (Å²) < 4.78 is 11.2. The summed E-state index contributed by atoms with van der Waals surface area (Å²) in [7, 11) is 0. The Hall–Kier alpha value is -3.41. The van der Waals surface area contributed by atoms with Gasteiger partial charge in [0.15, 0.2) is 5.76 Å². The Kier molecular flexibility index (Phi) is 4.84. The molecule has 1 aliphatic heterocycles. The first-order valence-corrected chi connectivity index (χ1v) is 8.03. The van der Waals surface area contributed by atoms with Crippen LogP contribution in [0.4, 0.5) is 5.69 Å². The third-order valence-electron chi connectivity index (χ3n) is 3.76. The minimum Gasteiger partial charge on any atom is -0.489 e. The van der Waals surface area contributed by atoms with Crippen LogP contribution in [0.3, 0.4) is 0 Å². The average molecular weight is 351 g/mol. The molecule has 0 amide bonds. The molecular weight excluding hydrogens is 334 g/mol. The highest BCUT2D eigenvalue weighted by Crippen LogP contribution is 2.35. The zero-order valence-electron chi connectivity index (χ0n) is 14.4. The van der Waals surface area contributed by atoms with Gasteiger partial charge in [-0.3, -0.25) is 14.9 Å². The van der Waals surface area contributed by atoms with Crippen molar-refractivity contribution in [3.05, 3.63) is 81.1 Å². The number of hydrogen-bond donors (Lipinski definition) is 0. The molecule has 2 aromatic carbocycles. The minimum absolute atomic E-state index is 0.0442. The van der Waals surface area contributed by atoms with Crippen molar-refractivity contribution in [3.63, 3.8) is 0 Å². The fourth-order valence-electron chi connectivity index (χ4n) is 2.44. The third kappa shape index (κ3) is 3.80. The maximum Gasteiger partial charge on any atom is 0.270 e. The van der Waals surface area contributed by atoms with Gasteiger partial charge < -0.3 is 9.47 Å². The SMILES string of the molecule is CC(C)=CCOc1ccc2c(c1)O/C(=C\c1cccc([N+](=O)[O-])c1)C2=O. The summed E-state index contributed by atoms with van der Waals surface area (Å²) in [5.74, 6) is 0.885. The van der Waals surface area contributed by atoms with Gasteiger partial charge in [0, 0.05) is 18.2 Å². The van der Waals surface area contributed by atoms with Crippen molar-refractivity contribution in [1.82, 2.24) is 0 Å². The molecule has 6 heteroatoms. The van der Waals surface area contributed by atoms with Crippen LogP contribution in [-0.4, -0.2) is 17.3 Å². The monoisotopic (exact) mass is 351 g/mol. The number of nitro groups is 1. The van der Waals surface area contributed by atoms with E-state index in [1.807, 2.05) is 19.9 Å². The molecule has 0 unspecified atom stereocenters. The Morgan fingerprint density at radius 1 is 1.23 bits per heavy atom. The molecule has 26 heavy (non-hydrogen) atoms. The molecule has 3 rings (SSSR count). The Labute approximate surface area is 150 Å². The van der Waals surface area contributed by atoms with Crippen molar-refractivity contribution in [1.29, 1.82) is 0 Å². The van der Waals surface area contributed by atoms with E-state index in [-0.39, 0.29) is 17.2 Å². The van der Waals surface area contributed by atoms with Gasteiger partial charge in [-0.2, -0.15) is 0 Å². The second-order valence-electron chi connectivity index (χ2n) is 6.04. The lowest BCUT2D eigenvalue weighted by atomic mass is 10.1. The molecule has 0 fully saturated rings. The highest BCUT2D eigenvalue weighted by atomic mass is 16.6. The highest BCUT2D eigenvalue weighted by molar-refractivity contribution is 6.14. The molecule has 0 atom stereocenters. The zero-order chi connectivity index (χ0) is 18.7. The Morgan fingerprint density at radius 2 is 2.04 bits per heavy atom. The van der Waals surface area contributed by atoms with Crippen LogP contribution in [0.15, 0.2) is 59.9 Å². The summed E-state index contributed by atoms with van der Waals surface area (Å²) in [4.78, 5) is 22.8. The van der Waals surface area contributed by atoms with E-state index in [0.717, 1.165) is 5.57 Å². The summed E-state index contributed by atoms with van der Waals surface area (Å²) in [6.45, 7) is 4.41. The van der Waals surface area contributed by atoms with Crippen LogP contribution in [0.5, 0.6) is 11.5 Å². The number of non-ortho nitro benzene ring substituents is 1. The number of fused-ring (bicyclic) bond motifs is 1. The number of carbonyl (C=O) groups excluding carboxylic acids is 1. The molecule has 132 valence electrons. The van der Waals surface area contributed by atoms with Crippen LogP contribution in [0.2, 0.25) is 0 Å². The van der Waals surface area contributed by atoms with E-state index in [0.29, 0.717) is 29.2 Å². The summed E-state index contributed by atoms with van der Waals surface area (Å²) in [5.41, 5.74) is 2.07. The third-order valence-corrected chi connectivity index (χ3v) is 3.76. The van der Waals surface area contributed by atoms with Crippen molar-refractivity contribution in [3.8, 4) is 11.5 Å². The van der Waals surface area contributed by atoms with Gasteiger partial charge in [-0.25, -0.2) is 0 Å². The van der Waals surface area contributed by atoms with Gasteiger partial charge in [0.1, 0.15) is 18.1 Å². The van der Waals surface area contributed by atoms with Crippen molar-refractivity contribution in [2.45, 2.75) is 13.8 Å². The van der Waals surface area contributed by atoms with Crippen molar-refractivity contribution in [2.24, 2.45) is 0 Å². The zero-order valence-corrected chi connectivity index (χ0v) is 14.4. The summed E-state index contributed by atoms with van der Waals surface area (Å²) in [5, 5.41) is 10.9. The number of nitro benzene ring substituents is 1. The van der Waals surface area contributed by atoms with Gasteiger partial charge in [0.25, 0.3) is 5.69 Å². The standard InChI is InChI=1S/C20H17NO5/c1-13(2)8-9-25-16-6-7-17-18(12-16)26-19(20(17)22)11-14-4-3-5-15(10-14)21(23)24/h3-8,10-12H,9H2,1-2H3/b19-11-.